The maximum atomic E-state index is 13.3. The molecular formula is C22H25BrN4O3. The van der Waals surface area contributed by atoms with Gasteiger partial charge in [-0.2, -0.15) is 0 Å². The highest BCUT2D eigenvalue weighted by atomic mass is 79.9. The smallest absolute Gasteiger partial charge is 0.407 e. The third-order valence-electron chi connectivity index (χ3n) is 5.69. The average Bonchev–Trinajstić information content (AvgIpc) is 3.37. The molecule has 7 nitrogen and oxygen atoms in total. The van der Waals surface area contributed by atoms with Gasteiger partial charge >= 0.3 is 6.09 Å². The van der Waals surface area contributed by atoms with Crippen LogP contribution in [0.1, 0.15) is 38.6 Å². The highest BCUT2D eigenvalue weighted by Crippen LogP contribution is 2.34. The van der Waals surface area contributed by atoms with Crippen molar-refractivity contribution in [1.82, 2.24) is 20.2 Å². The Morgan fingerprint density at radius 1 is 1.30 bits per heavy atom. The van der Waals surface area contributed by atoms with Gasteiger partial charge in [0.1, 0.15) is 11.9 Å². The van der Waals surface area contributed by atoms with Crippen molar-refractivity contribution < 1.29 is 14.3 Å². The number of imidazole rings is 1. The average molecular weight is 473 g/mol. The van der Waals surface area contributed by atoms with E-state index in [4.69, 9.17) is 9.72 Å². The van der Waals surface area contributed by atoms with E-state index in [0.717, 1.165) is 44.9 Å². The molecule has 0 unspecified atom stereocenters. The fourth-order valence-corrected chi connectivity index (χ4v) is 4.52. The molecule has 2 amide bonds. The van der Waals surface area contributed by atoms with Crippen molar-refractivity contribution in [2.45, 2.75) is 38.8 Å². The lowest BCUT2D eigenvalue weighted by molar-refractivity contribution is -0.135. The number of rotatable bonds is 4. The number of fused-ring (bicyclic) bond motifs is 3. The first-order valence-electron chi connectivity index (χ1n) is 10.1. The number of aromatic nitrogens is 2. The van der Waals surface area contributed by atoms with Crippen LogP contribution in [-0.2, 0) is 9.53 Å². The van der Waals surface area contributed by atoms with Crippen LogP contribution in [0, 0.1) is 5.92 Å². The van der Waals surface area contributed by atoms with Crippen molar-refractivity contribution in [3.8, 4) is 0 Å². The van der Waals surface area contributed by atoms with E-state index in [1.807, 2.05) is 30.9 Å². The summed E-state index contributed by atoms with van der Waals surface area (Å²) in [6.45, 7) is 4.46. The lowest BCUT2D eigenvalue weighted by Gasteiger charge is -2.29. The zero-order valence-corrected chi connectivity index (χ0v) is 18.8. The van der Waals surface area contributed by atoms with Crippen LogP contribution in [0.15, 0.2) is 34.8 Å². The second-order valence-electron chi connectivity index (χ2n) is 8.00. The SMILES string of the molecule is COC(=O)N[C@H](C(=O)N1CCC[C@H]1c1nc2c(ccc3cc(Br)ccc32)[nH]1)C(C)C. The zero-order chi connectivity index (χ0) is 21.4. The molecule has 158 valence electrons. The minimum atomic E-state index is -0.638. The van der Waals surface area contributed by atoms with Gasteiger partial charge in [-0.05, 0) is 42.3 Å². The van der Waals surface area contributed by atoms with Gasteiger partial charge in [0.15, 0.2) is 0 Å². The quantitative estimate of drug-likeness (QED) is 0.583. The standard InChI is InChI=1S/C22H25BrN4O3/c1-12(2)18(26-22(29)30-3)21(28)27-10-4-5-17(27)20-24-16-9-6-13-11-14(23)7-8-15(13)19(16)25-20/h6-9,11-12,17-18H,4-5,10H2,1-3H3,(H,24,25)(H,26,29)/t17-,18-/m0/s1. The summed E-state index contributed by atoms with van der Waals surface area (Å²) in [4.78, 5) is 35.2. The molecule has 8 heteroatoms. The Labute approximate surface area is 183 Å². The molecule has 0 aliphatic carbocycles. The molecule has 2 aromatic carbocycles. The fourth-order valence-electron chi connectivity index (χ4n) is 4.14. The molecule has 0 radical (unpaired) electrons. The Balaban J connectivity index is 1.67. The Hall–Kier alpha value is -2.61. The van der Waals surface area contributed by atoms with Gasteiger partial charge in [-0.25, -0.2) is 9.78 Å². The Morgan fingerprint density at radius 2 is 2.10 bits per heavy atom. The van der Waals surface area contributed by atoms with Crippen LogP contribution < -0.4 is 5.32 Å². The lowest BCUT2D eigenvalue weighted by atomic mass is 10.0. The molecule has 1 aliphatic rings. The minimum Gasteiger partial charge on any atom is -0.453 e. The number of likely N-dealkylation sites (tertiary alicyclic amines) is 1. The molecule has 30 heavy (non-hydrogen) atoms. The summed E-state index contributed by atoms with van der Waals surface area (Å²) < 4.78 is 5.73. The van der Waals surface area contributed by atoms with Gasteiger partial charge in [0.25, 0.3) is 0 Å². The number of carbonyl (C=O) groups excluding carboxylic acids is 2. The topological polar surface area (TPSA) is 87.3 Å². The van der Waals surface area contributed by atoms with Crippen molar-refractivity contribution in [2.75, 3.05) is 13.7 Å². The van der Waals surface area contributed by atoms with Gasteiger partial charge in [0.2, 0.25) is 5.91 Å². The number of H-pyrrole nitrogens is 1. The Morgan fingerprint density at radius 3 is 2.83 bits per heavy atom. The van der Waals surface area contributed by atoms with Gasteiger partial charge in [0.05, 0.1) is 24.2 Å². The van der Waals surface area contributed by atoms with Gasteiger partial charge < -0.3 is 19.9 Å². The maximum Gasteiger partial charge on any atom is 0.407 e. The van der Waals surface area contributed by atoms with Crippen molar-refractivity contribution in [2.24, 2.45) is 5.92 Å². The largest absolute Gasteiger partial charge is 0.453 e. The molecular weight excluding hydrogens is 448 g/mol. The second-order valence-corrected chi connectivity index (χ2v) is 8.91. The van der Waals surface area contributed by atoms with Crippen LogP contribution in [0.3, 0.4) is 0 Å². The molecule has 3 aromatic rings. The summed E-state index contributed by atoms with van der Waals surface area (Å²) >= 11 is 3.52. The number of alkyl carbamates (subject to hydrolysis) is 1. The van der Waals surface area contributed by atoms with Crippen molar-refractivity contribution in [3.05, 3.63) is 40.6 Å². The number of aromatic amines is 1. The minimum absolute atomic E-state index is 0.0593. The van der Waals surface area contributed by atoms with Gasteiger partial charge in [-0.15, -0.1) is 0 Å². The van der Waals surface area contributed by atoms with Gasteiger partial charge in [-0.1, -0.05) is 41.9 Å². The summed E-state index contributed by atoms with van der Waals surface area (Å²) in [7, 11) is 1.30. The van der Waals surface area contributed by atoms with Crippen molar-refractivity contribution in [1.29, 1.82) is 0 Å². The van der Waals surface area contributed by atoms with Crippen LogP contribution in [-0.4, -0.2) is 46.6 Å². The number of nitrogens with one attached hydrogen (secondary N) is 2. The summed E-state index contributed by atoms with van der Waals surface area (Å²) in [6, 6.07) is 9.44. The summed E-state index contributed by atoms with van der Waals surface area (Å²) in [5, 5.41) is 4.86. The van der Waals surface area contributed by atoms with E-state index in [1.54, 1.807) is 0 Å². The molecule has 2 atom stereocenters. The number of nitrogens with zero attached hydrogens (tertiary/aromatic N) is 2. The lowest BCUT2D eigenvalue weighted by Crippen LogP contribution is -2.51. The number of amides is 2. The number of halogens is 1. The molecule has 0 spiro atoms. The number of ether oxygens (including phenoxy) is 1. The van der Waals surface area contributed by atoms with Crippen molar-refractivity contribution in [3.63, 3.8) is 0 Å². The predicted molar refractivity (Wildman–Crippen MR) is 119 cm³/mol. The maximum absolute atomic E-state index is 13.3. The summed E-state index contributed by atoms with van der Waals surface area (Å²) in [6.07, 6.45) is 1.13. The Bertz CT molecular complexity index is 1110. The monoisotopic (exact) mass is 472 g/mol. The van der Waals surface area contributed by atoms with E-state index in [0.29, 0.717) is 6.54 Å². The fraction of sp³-hybridized carbons (Fsp3) is 0.409. The highest BCUT2D eigenvalue weighted by Gasteiger charge is 2.37. The molecule has 1 aromatic heterocycles. The molecule has 1 aliphatic heterocycles. The van der Waals surface area contributed by atoms with E-state index >= 15 is 0 Å². The van der Waals surface area contributed by atoms with E-state index in [9.17, 15) is 9.59 Å². The molecule has 2 N–H and O–H groups in total. The summed E-state index contributed by atoms with van der Waals surface area (Å²) in [5.74, 6) is 0.620. The molecule has 0 saturated carbocycles. The molecule has 0 bridgehead atoms. The molecule has 1 saturated heterocycles. The first-order chi connectivity index (χ1) is 14.4. The predicted octanol–water partition coefficient (Wildman–Crippen LogP) is 4.52. The van der Waals surface area contributed by atoms with Crippen LogP contribution >= 0.6 is 15.9 Å². The molecule has 2 heterocycles. The van der Waals surface area contributed by atoms with Crippen LogP contribution in [0.4, 0.5) is 4.79 Å². The zero-order valence-electron chi connectivity index (χ0n) is 17.2. The number of hydrogen-bond acceptors (Lipinski definition) is 4. The van der Waals surface area contributed by atoms with E-state index in [1.165, 1.54) is 7.11 Å². The Kier molecular flexibility index (Phi) is 5.69. The van der Waals surface area contributed by atoms with E-state index in [-0.39, 0.29) is 17.9 Å². The van der Waals surface area contributed by atoms with Crippen LogP contribution in [0.5, 0.6) is 0 Å². The van der Waals surface area contributed by atoms with Crippen molar-refractivity contribution >= 4 is 49.7 Å². The van der Waals surface area contributed by atoms with E-state index in [2.05, 4.69) is 44.4 Å². The number of benzene rings is 2. The van der Waals surface area contributed by atoms with E-state index < -0.39 is 12.1 Å². The first-order valence-corrected chi connectivity index (χ1v) is 10.9. The third kappa shape index (κ3) is 3.76. The normalized spacial score (nSPS) is 17.6. The summed E-state index contributed by atoms with van der Waals surface area (Å²) in [5.41, 5.74) is 1.86. The van der Waals surface area contributed by atoms with Crippen LogP contribution in [0.25, 0.3) is 21.8 Å². The number of hydrogen-bond donors (Lipinski definition) is 2. The first kappa shape index (κ1) is 20.7. The molecule has 1 fully saturated rings. The van der Waals surface area contributed by atoms with Gasteiger partial charge in [-0.3, -0.25) is 4.79 Å². The third-order valence-corrected chi connectivity index (χ3v) is 6.18. The number of methoxy groups -OCH3 is 1. The van der Waals surface area contributed by atoms with Crippen LogP contribution in [0.2, 0.25) is 0 Å². The second kappa shape index (κ2) is 8.26. The van der Waals surface area contributed by atoms with Gasteiger partial charge in [0, 0.05) is 16.4 Å². The number of carbonyl (C=O) groups is 2. The highest BCUT2D eigenvalue weighted by molar-refractivity contribution is 9.10. The molecule has 4 rings (SSSR count).